The largest absolute Gasteiger partial charge is 0.225 e. The van der Waals surface area contributed by atoms with Crippen molar-refractivity contribution in [3.05, 3.63) is 18.5 Å². The Morgan fingerprint density at radius 1 is 1.17 bits per heavy atom. The van der Waals surface area contributed by atoms with Crippen LogP contribution in [0.2, 0.25) is 0 Å². The summed E-state index contributed by atoms with van der Waals surface area (Å²) in [6.45, 7) is 0. The molecule has 1 aliphatic rings. The highest BCUT2D eigenvalue weighted by Crippen LogP contribution is 2.45. The summed E-state index contributed by atoms with van der Waals surface area (Å²) in [6, 6.07) is 0. The molecule has 6 heteroatoms. The molecule has 0 atom stereocenters. The van der Waals surface area contributed by atoms with Crippen molar-refractivity contribution < 1.29 is 0 Å². The van der Waals surface area contributed by atoms with Gasteiger partial charge in [0, 0.05) is 10.2 Å². The van der Waals surface area contributed by atoms with E-state index < -0.39 is 0 Å². The van der Waals surface area contributed by atoms with Crippen LogP contribution in [0.3, 0.4) is 0 Å². The number of aromatic nitrogens is 3. The average molecular weight is 217 g/mol. The third-order valence-corrected chi connectivity index (χ3v) is 5.60. The van der Waals surface area contributed by atoms with E-state index in [0.717, 1.165) is 16.0 Å². The number of nitrogens with zero attached hydrogens (tertiary/aromatic N) is 3. The summed E-state index contributed by atoms with van der Waals surface area (Å²) in [6.07, 6.45) is 3.12. The van der Waals surface area contributed by atoms with Crippen LogP contribution in [-0.2, 0) is 0 Å². The number of hydrogen-bond acceptors (Lipinski definition) is 6. The maximum Gasteiger partial charge on any atom is 0.154 e. The first-order valence-corrected chi connectivity index (χ1v) is 6.65. The minimum Gasteiger partial charge on any atom is -0.225 e. The number of hydrogen-bond donors (Lipinski definition) is 0. The van der Waals surface area contributed by atoms with Crippen molar-refractivity contribution in [3.63, 3.8) is 0 Å². The van der Waals surface area contributed by atoms with Crippen LogP contribution >= 0.6 is 35.3 Å². The highest BCUT2D eigenvalue weighted by atomic mass is 32.3. The minimum absolute atomic E-state index is 0.411. The SMILES string of the molecule is c1ncnc(C2SCSCS2)n1. The van der Waals surface area contributed by atoms with Gasteiger partial charge in [-0.1, -0.05) is 0 Å². The summed E-state index contributed by atoms with van der Waals surface area (Å²) in [7, 11) is 0. The minimum atomic E-state index is 0.411. The van der Waals surface area contributed by atoms with E-state index in [2.05, 4.69) is 15.0 Å². The Balaban J connectivity index is 2.08. The highest BCUT2D eigenvalue weighted by Gasteiger charge is 2.18. The van der Waals surface area contributed by atoms with Crippen LogP contribution < -0.4 is 0 Å². The summed E-state index contributed by atoms with van der Waals surface area (Å²) in [5.41, 5.74) is 0. The maximum atomic E-state index is 4.13. The Hall–Kier alpha value is 0.0600. The van der Waals surface area contributed by atoms with Gasteiger partial charge >= 0.3 is 0 Å². The summed E-state index contributed by atoms with van der Waals surface area (Å²) in [4.78, 5) is 12.1. The summed E-state index contributed by atoms with van der Waals surface area (Å²) in [5, 5.41) is 2.28. The molecule has 0 unspecified atom stereocenters. The molecular weight excluding hydrogens is 210 g/mol. The molecule has 0 N–H and O–H groups in total. The predicted molar refractivity (Wildman–Crippen MR) is 55.1 cm³/mol. The zero-order valence-corrected chi connectivity index (χ0v) is 8.66. The molecule has 1 saturated heterocycles. The van der Waals surface area contributed by atoms with Gasteiger partial charge in [0.15, 0.2) is 5.82 Å². The third kappa shape index (κ3) is 2.05. The molecular formula is C6H7N3S3. The number of rotatable bonds is 1. The molecule has 0 bridgehead atoms. The van der Waals surface area contributed by atoms with Gasteiger partial charge in [0.05, 0.1) is 0 Å². The second-order valence-electron chi connectivity index (χ2n) is 2.10. The van der Waals surface area contributed by atoms with Gasteiger partial charge in [-0.15, -0.1) is 35.3 Å². The summed E-state index contributed by atoms with van der Waals surface area (Å²) >= 11 is 5.73. The lowest BCUT2D eigenvalue weighted by atomic mass is 10.7. The van der Waals surface area contributed by atoms with Crippen LogP contribution in [0.4, 0.5) is 0 Å². The first-order valence-electron chi connectivity index (χ1n) is 3.39. The molecule has 1 aliphatic heterocycles. The van der Waals surface area contributed by atoms with Crippen LogP contribution in [-0.4, -0.2) is 25.1 Å². The Bertz CT molecular complexity index is 237. The van der Waals surface area contributed by atoms with Gasteiger partial charge in [-0.2, -0.15) is 0 Å². The molecule has 1 aromatic heterocycles. The van der Waals surface area contributed by atoms with Gasteiger partial charge in [-0.05, 0) is 0 Å². The summed E-state index contributed by atoms with van der Waals surface area (Å²) < 4.78 is 0.411. The van der Waals surface area contributed by atoms with Crippen LogP contribution in [0.15, 0.2) is 12.7 Å². The molecule has 2 heterocycles. The smallest absolute Gasteiger partial charge is 0.154 e. The van der Waals surface area contributed by atoms with Gasteiger partial charge in [0.2, 0.25) is 0 Å². The zero-order valence-electron chi connectivity index (χ0n) is 6.21. The van der Waals surface area contributed by atoms with E-state index in [0.29, 0.717) is 4.58 Å². The van der Waals surface area contributed by atoms with Gasteiger partial charge in [-0.3, -0.25) is 0 Å². The lowest BCUT2D eigenvalue weighted by molar-refractivity contribution is 0.954. The lowest BCUT2D eigenvalue weighted by Crippen LogP contribution is -2.01. The second kappa shape index (κ2) is 4.34. The van der Waals surface area contributed by atoms with Crippen LogP contribution in [0, 0.1) is 0 Å². The first kappa shape index (κ1) is 8.65. The van der Waals surface area contributed by atoms with E-state index in [1.54, 1.807) is 12.7 Å². The fourth-order valence-corrected chi connectivity index (χ4v) is 5.39. The molecule has 0 amide bonds. The zero-order chi connectivity index (χ0) is 8.23. The Kier molecular flexibility index (Phi) is 3.13. The van der Waals surface area contributed by atoms with Gasteiger partial charge in [0.1, 0.15) is 17.2 Å². The van der Waals surface area contributed by atoms with E-state index in [9.17, 15) is 0 Å². The Labute approximate surface area is 83.5 Å². The first-order chi connectivity index (χ1) is 5.97. The van der Waals surface area contributed by atoms with E-state index in [1.807, 2.05) is 35.3 Å². The molecule has 0 spiro atoms. The third-order valence-electron chi connectivity index (χ3n) is 1.33. The number of thioether (sulfide) groups is 3. The maximum absolute atomic E-state index is 4.13. The monoisotopic (exact) mass is 217 g/mol. The van der Waals surface area contributed by atoms with Crippen molar-refractivity contribution in [2.45, 2.75) is 4.58 Å². The van der Waals surface area contributed by atoms with E-state index in [-0.39, 0.29) is 0 Å². The van der Waals surface area contributed by atoms with Crippen molar-refractivity contribution >= 4 is 35.3 Å². The van der Waals surface area contributed by atoms with Crippen molar-refractivity contribution in [2.75, 3.05) is 10.2 Å². The molecule has 64 valence electrons. The molecule has 0 aliphatic carbocycles. The van der Waals surface area contributed by atoms with Crippen molar-refractivity contribution in [1.29, 1.82) is 0 Å². The van der Waals surface area contributed by atoms with Gasteiger partial charge in [0.25, 0.3) is 0 Å². The van der Waals surface area contributed by atoms with E-state index >= 15 is 0 Å². The average Bonchev–Trinajstić information content (AvgIpc) is 2.21. The van der Waals surface area contributed by atoms with E-state index in [1.165, 1.54) is 0 Å². The fourth-order valence-electron chi connectivity index (χ4n) is 0.821. The van der Waals surface area contributed by atoms with Gasteiger partial charge in [-0.25, -0.2) is 15.0 Å². The summed E-state index contributed by atoms with van der Waals surface area (Å²) in [5.74, 6) is 0.903. The normalized spacial score (nSPS) is 19.3. The standard InChI is InChI=1S/C6H7N3S3/c1-7-2-9-5(8-1)6-11-3-10-4-12-6/h1-2,6H,3-4H2. The van der Waals surface area contributed by atoms with Crippen molar-refractivity contribution in [1.82, 2.24) is 15.0 Å². The molecule has 1 fully saturated rings. The Morgan fingerprint density at radius 3 is 2.50 bits per heavy atom. The van der Waals surface area contributed by atoms with E-state index in [4.69, 9.17) is 0 Å². The van der Waals surface area contributed by atoms with Crippen LogP contribution in [0.5, 0.6) is 0 Å². The van der Waals surface area contributed by atoms with Crippen LogP contribution in [0.25, 0.3) is 0 Å². The molecule has 2 rings (SSSR count). The quantitative estimate of drug-likeness (QED) is 0.716. The topological polar surface area (TPSA) is 38.7 Å². The predicted octanol–water partition coefficient (Wildman–Crippen LogP) is 2.00. The fraction of sp³-hybridized carbons (Fsp3) is 0.500. The van der Waals surface area contributed by atoms with Crippen molar-refractivity contribution in [2.24, 2.45) is 0 Å². The molecule has 12 heavy (non-hydrogen) atoms. The molecule has 3 nitrogen and oxygen atoms in total. The van der Waals surface area contributed by atoms with Crippen LogP contribution in [0.1, 0.15) is 10.4 Å². The molecule has 0 radical (unpaired) electrons. The Morgan fingerprint density at radius 2 is 1.83 bits per heavy atom. The second-order valence-corrected chi connectivity index (χ2v) is 6.30. The molecule has 0 aromatic carbocycles. The molecule has 1 aromatic rings. The van der Waals surface area contributed by atoms with Crippen molar-refractivity contribution in [3.8, 4) is 0 Å². The molecule has 0 saturated carbocycles. The lowest BCUT2D eigenvalue weighted by Gasteiger charge is -2.18. The highest BCUT2D eigenvalue weighted by molar-refractivity contribution is 8.32. The van der Waals surface area contributed by atoms with Gasteiger partial charge < -0.3 is 0 Å².